The molecular weight excluding hydrogens is 290 g/mol. The lowest BCUT2D eigenvalue weighted by Gasteiger charge is -2.46. The van der Waals surface area contributed by atoms with Gasteiger partial charge in [0.05, 0.1) is 20.3 Å². The van der Waals surface area contributed by atoms with E-state index in [-0.39, 0.29) is 12.1 Å². The number of fused-ring (bicyclic) bond motifs is 3. The summed E-state index contributed by atoms with van der Waals surface area (Å²) in [6.07, 6.45) is 2.43. The number of aliphatic hydroxyl groups excluding tert-OH is 1. The maximum atomic E-state index is 10.6. The molecule has 1 saturated heterocycles. The van der Waals surface area contributed by atoms with Crippen LogP contribution in [0.15, 0.2) is 24.3 Å². The summed E-state index contributed by atoms with van der Waals surface area (Å²) in [6.45, 7) is 8.02. The molecule has 0 saturated carbocycles. The maximum absolute atomic E-state index is 10.6. The van der Waals surface area contributed by atoms with Crippen molar-refractivity contribution in [3.05, 3.63) is 35.4 Å². The van der Waals surface area contributed by atoms with Gasteiger partial charge in [-0.25, -0.2) is 0 Å². The molecule has 1 fully saturated rings. The largest absolute Gasteiger partial charge is 0.493 e. The minimum Gasteiger partial charge on any atom is -0.493 e. The van der Waals surface area contributed by atoms with Gasteiger partial charge in [-0.05, 0) is 49.4 Å². The van der Waals surface area contributed by atoms with Crippen molar-refractivity contribution in [1.29, 1.82) is 0 Å². The predicted molar refractivity (Wildman–Crippen MR) is 91.1 cm³/mol. The molecule has 0 bridgehead atoms. The number of rotatable bonds is 4. The van der Waals surface area contributed by atoms with Crippen LogP contribution >= 0.6 is 0 Å². The van der Waals surface area contributed by atoms with Crippen molar-refractivity contribution in [3.63, 3.8) is 0 Å². The quantitative estimate of drug-likeness (QED) is 0.867. The fraction of sp³-hybridized carbons (Fsp3) is 0.579. The third-order valence-electron chi connectivity index (χ3n) is 5.20. The van der Waals surface area contributed by atoms with Crippen LogP contribution in [0.3, 0.4) is 0 Å². The Balaban J connectivity index is 1.88. The van der Waals surface area contributed by atoms with Gasteiger partial charge in [-0.15, -0.1) is 6.58 Å². The molecule has 2 aliphatic heterocycles. The molecule has 2 aliphatic rings. The van der Waals surface area contributed by atoms with Crippen molar-refractivity contribution in [2.75, 3.05) is 27.3 Å². The van der Waals surface area contributed by atoms with Crippen LogP contribution in [-0.2, 0) is 6.42 Å². The number of aliphatic hydroxyl groups is 1. The summed E-state index contributed by atoms with van der Waals surface area (Å²) in [5, 5.41) is 10.6. The van der Waals surface area contributed by atoms with E-state index >= 15 is 0 Å². The van der Waals surface area contributed by atoms with Crippen molar-refractivity contribution in [2.24, 2.45) is 5.92 Å². The Kier molecular flexibility index (Phi) is 4.64. The van der Waals surface area contributed by atoms with Gasteiger partial charge in [0, 0.05) is 25.0 Å². The minimum absolute atomic E-state index is 0.271. The van der Waals surface area contributed by atoms with Gasteiger partial charge in [-0.3, -0.25) is 4.90 Å². The van der Waals surface area contributed by atoms with E-state index in [9.17, 15) is 5.11 Å². The van der Waals surface area contributed by atoms with E-state index in [1.165, 1.54) is 11.1 Å². The Hall–Kier alpha value is -1.52. The standard InChI is InChI=1S/C19H27NO3/c1-12(2)7-14-11-20-6-5-13-8-18(22-3)19(23-4)9-15(13)16(20)10-17(14)21/h8-9,14,16-17,21H,1,5-7,10-11H2,2-4H3/t14-,16-,17+/m0/s1. The number of methoxy groups -OCH3 is 2. The molecular formula is C19H27NO3. The first kappa shape index (κ1) is 16.3. The second-order valence-electron chi connectivity index (χ2n) is 6.89. The van der Waals surface area contributed by atoms with E-state index in [0.717, 1.165) is 49.4 Å². The second kappa shape index (κ2) is 6.54. The molecule has 0 spiro atoms. The Bertz CT molecular complexity index is 599. The van der Waals surface area contributed by atoms with Gasteiger partial charge in [0.1, 0.15) is 0 Å². The zero-order chi connectivity index (χ0) is 16.6. The van der Waals surface area contributed by atoms with E-state index in [2.05, 4.69) is 23.6 Å². The van der Waals surface area contributed by atoms with Crippen molar-refractivity contribution in [3.8, 4) is 11.5 Å². The number of ether oxygens (including phenoxy) is 2. The lowest BCUT2D eigenvalue weighted by molar-refractivity contribution is -0.0117. The first-order valence-electron chi connectivity index (χ1n) is 8.34. The molecule has 126 valence electrons. The first-order valence-corrected chi connectivity index (χ1v) is 8.34. The van der Waals surface area contributed by atoms with E-state index < -0.39 is 0 Å². The smallest absolute Gasteiger partial charge is 0.161 e. The fourth-order valence-electron chi connectivity index (χ4n) is 4.07. The summed E-state index contributed by atoms with van der Waals surface area (Å²) < 4.78 is 10.9. The first-order chi connectivity index (χ1) is 11.0. The fourth-order valence-corrected chi connectivity index (χ4v) is 4.07. The topological polar surface area (TPSA) is 41.9 Å². The van der Waals surface area contributed by atoms with Gasteiger partial charge in [-0.2, -0.15) is 0 Å². The molecule has 1 N–H and O–H groups in total. The third-order valence-corrected chi connectivity index (χ3v) is 5.20. The van der Waals surface area contributed by atoms with Crippen molar-refractivity contribution >= 4 is 0 Å². The zero-order valence-electron chi connectivity index (χ0n) is 14.3. The molecule has 0 amide bonds. The Morgan fingerprint density at radius 2 is 2.00 bits per heavy atom. The molecule has 0 radical (unpaired) electrons. The van der Waals surface area contributed by atoms with Gasteiger partial charge in [-0.1, -0.05) is 5.57 Å². The number of piperidine rings is 1. The van der Waals surface area contributed by atoms with E-state index in [0.29, 0.717) is 5.92 Å². The number of nitrogens with zero attached hydrogens (tertiary/aromatic N) is 1. The predicted octanol–water partition coefficient (Wildman–Crippen LogP) is 2.95. The molecule has 2 heterocycles. The molecule has 4 heteroatoms. The van der Waals surface area contributed by atoms with Crippen LogP contribution in [0.2, 0.25) is 0 Å². The second-order valence-corrected chi connectivity index (χ2v) is 6.89. The van der Waals surface area contributed by atoms with E-state index in [1.807, 2.05) is 6.92 Å². The van der Waals surface area contributed by atoms with Crippen LogP contribution in [0, 0.1) is 5.92 Å². The van der Waals surface area contributed by atoms with Crippen molar-refractivity contribution < 1.29 is 14.6 Å². The molecule has 1 aromatic rings. The van der Waals surface area contributed by atoms with Gasteiger partial charge < -0.3 is 14.6 Å². The molecule has 0 aromatic heterocycles. The van der Waals surface area contributed by atoms with Crippen molar-refractivity contribution in [1.82, 2.24) is 4.90 Å². The molecule has 3 atom stereocenters. The van der Waals surface area contributed by atoms with Gasteiger partial charge in [0.25, 0.3) is 0 Å². The van der Waals surface area contributed by atoms with E-state index in [1.54, 1.807) is 14.2 Å². The third kappa shape index (κ3) is 3.10. The molecule has 1 aromatic carbocycles. The van der Waals surface area contributed by atoms with Crippen molar-refractivity contribution in [2.45, 2.75) is 38.3 Å². The summed E-state index contributed by atoms with van der Waals surface area (Å²) in [6, 6.07) is 4.46. The van der Waals surface area contributed by atoms with Gasteiger partial charge in [0.15, 0.2) is 11.5 Å². The summed E-state index contributed by atoms with van der Waals surface area (Å²) >= 11 is 0. The van der Waals surface area contributed by atoms with Gasteiger partial charge >= 0.3 is 0 Å². The van der Waals surface area contributed by atoms with Crippen LogP contribution in [-0.4, -0.2) is 43.4 Å². The van der Waals surface area contributed by atoms with Crippen LogP contribution in [0.4, 0.5) is 0 Å². The van der Waals surface area contributed by atoms with Crippen LogP contribution in [0.5, 0.6) is 11.5 Å². The lowest BCUT2D eigenvalue weighted by atomic mass is 9.80. The number of hydrogen-bond donors (Lipinski definition) is 1. The number of benzene rings is 1. The Labute approximate surface area is 138 Å². The maximum Gasteiger partial charge on any atom is 0.161 e. The normalized spacial score (nSPS) is 27.0. The average molecular weight is 317 g/mol. The molecule has 3 rings (SSSR count). The molecule has 23 heavy (non-hydrogen) atoms. The number of hydrogen-bond acceptors (Lipinski definition) is 4. The molecule has 4 nitrogen and oxygen atoms in total. The molecule has 0 unspecified atom stereocenters. The minimum atomic E-state index is -0.271. The van der Waals surface area contributed by atoms with Crippen LogP contribution in [0.25, 0.3) is 0 Å². The Morgan fingerprint density at radius 1 is 1.30 bits per heavy atom. The van der Waals surface area contributed by atoms with E-state index in [4.69, 9.17) is 9.47 Å². The van der Waals surface area contributed by atoms with Crippen LogP contribution in [0.1, 0.15) is 36.9 Å². The van der Waals surface area contributed by atoms with Crippen LogP contribution < -0.4 is 9.47 Å². The lowest BCUT2D eigenvalue weighted by Crippen LogP contribution is -2.48. The van der Waals surface area contributed by atoms with Gasteiger partial charge in [0.2, 0.25) is 0 Å². The Morgan fingerprint density at radius 3 is 2.65 bits per heavy atom. The average Bonchev–Trinajstić information content (AvgIpc) is 2.53. The summed E-state index contributed by atoms with van der Waals surface area (Å²) in [5.41, 5.74) is 3.74. The highest BCUT2D eigenvalue weighted by Gasteiger charge is 2.38. The highest BCUT2D eigenvalue weighted by molar-refractivity contribution is 5.49. The monoisotopic (exact) mass is 317 g/mol. The zero-order valence-corrected chi connectivity index (χ0v) is 14.3. The summed E-state index contributed by atoms with van der Waals surface area (Å²) in [4.78, 5) is 2.51. The highest BCUT2D eigenvalue weighted by atomic mass is 16.5. The molecule has 0 aliphatic carbocycles. The SMILES string of the molecule is C=C(C)C[C@H]1CN2CCc3cc(OC)c(OC)cc3[C@@H]2C[C@H]1O. The number of allylic oxidation sites excluding steroid dienone is 1. The highest BCUT2D eigenvalue weighted by Crippen LogP contribution is 2.43. The summed E-state index contributed by atoms with van der Waals surface area (Å²) in [7, 11) is 3.34. The summed E-state index contributed by atoms with van der Waals surface area (Å²) in [5.74, 6) is 1.85.